The van der Waals surface area contributed by atoms with Gasteiger partial charge in [0.1, 0.15) is 11.6 Å². The summed E-state index contributed by atoms with van der Waals surface area (Å²) < 4.78 is 13.5. The molecule has 0 aliphatic carbocycles. The van der Waals surface area contributed by atoms with Crippen LogP contribution in [0.1, 0.15) is 15.9 Å². The Hall–Kier alpha value is -2.07. The highest BCUT2D eigenvalue weighted by atomic mass is 35.5. The fourth-order valence-electron chi connectivity index (χ4n) is 1.54. The highest BCUT2D eigenvalue weighted by Gasteiger charge is 2.11. The molecule has 0 heterocycles. The smallest absolute Gasteiger partial charge is 0.255 e. The lowest BCUT2D eigenvalue weighted by Crippen LogP contribution is -2.12. The number of hydrogen-bond acceptors (Lipinski definition) is 2. The zero-order valence-electron chi connectivity index (χ0n) is 10.1. The molecule has 0 spiro atoms. The number of phenolic OH excluding ortho intramolecular Hbond substituents is 1. The number of anilines is 1. The van der Waals surface area contributed by atoms with Crippen molar-refractivity contribution >= 4 is 23.2 Å². The monoisotopic (exact) mass is 279 g/mol. The lowest BCUT2D eigenvalue weighted by Gasteiger charge is -2.07. The Kier molecular flexibility index (Phi) is 3.71. The van der Waals surface area contributed by atoms with Crippen molar-refractivity contribution in [3.8, 4) is 5.75 Å². The Balaban J connectivity index is 2.23. The summed E-state index contributed by atoms with van der Waals surface area (Å²) in [5.74, 6) is -1.10. The quantitative estimate of drug-likeness (QED) is 0.880. The van der Waals surface area contributed by atoms with E-state index in [0.717, 1.165) is 6.07 Å². The maximum absolute atomic E-state index is 13.5. The molecular weight excluding hydrogens is 269 g/mol. The van der Waals surface area contributed by atoms with E-state index in [0.29, 0.717) is 5.56 Å². The van der Waals surface area contributed by atoms with E-state index in [4.69, 9.17) is 11.6 Å². The number of amides is 1. The number of halogens is 2. The fraction of sp³-hybridized carbons (Fsp3) is 0.0714. The van der Waals surface area contributed by atoms with Gasteiger partial charge >= 0.3 is 0 Å². The summed E-state index contributed by atoms with van der Waals surface area (Å²) in [5, 5.41) is 12.2. The van der Waals surface area contributed by atoms with Crippen LogP contribution in [0.3, 0.4) is 0 Å². The standard InChI is InChI=1S/C14H11ClFNO2/c1-8-2-3-9(6-13(8)18)14(19)17-12-5-4-10(15)7-11(12)16/h2-7,18H,1H3,(H,17,19). The van der Waals surface area contributed by atoms with Crippen LogP contribution >= 0.6 is 11.6 Å². The second-order valence-corrected chi connectivity index (χ2v) is 4.52. The minimum Gasteiger partial charge on any atom is -0.508 e. The minimum absolute atomic E-state index is 0.0178. The summed E-state index contributed by atoms with van der Waals surface area (Å²) in [6, 6.07) is 8.47. The fourth-order valence-corrected chi connectivity index (χ4v) is 1.69. The summed E-state index contributed by atoms with van der Waals surface area (Å²) in [6.45, 7) is 1.72. The van der Waals surface area contributed by atoms with Crippen LogP contribution in [0.5, 0.6) is 5.75 Å². The zero-order valence-corrected chi connectivity index (χ0v) is 10.8. The molecule has 3 nitrogen and oxygen atoms in total. The van der Waals surface area contributed by atoms with Crippen molar-refractivity contribution in [3.05, 3.63) is 58.4 Å². The predicted molar refractivity (Wildman–Crippen MR) is 72.2 cm³/mol. The number of aryl methyl sites for hydroxylation is 1. The van der Waals surface area contributed by atoms with Gasteiger partial charge in [-0.25, -0.2) is 4.39 Å². The zero-order chi connectivity index (χ0) is 14.0. The number of nitrogens with one attached hydrogen (secondary N) is 1. The van der Waals surface area contributed by atoms with Gasteiger partial charge in [0, 0.05) is 10.6 Å². The van der Waals surface area contributed by atoms with Crippen LogP contribution in [0.25, 0.3) is 0 Å². The van der Waals surface area contributed by atoms with E-state index < -0.39 is 11.7 Å². The van der Waals surface area contributed by atoms with Crippen LogP contribution in [-0.2, 0) is 0 Å². The Labute approximate surface area is 114 Å². The van der Waals surface area contributed by atoms with Gasteiger partial charge in [-0.3, -0.25) is 4.79 Å². The van der Waals surface area contributed by atoms with Crippen molar-refractivity contribution in [1.82, 2.24) is 0 Å². The average Bonchev–Trinajstić information content (AvgIpc) is 2.36. The number of aromatic hydroxyl groups is 1. The maximum atomic E-state index is 13.5. The predicted octanol–water partition coefficient (Wildman–Crippen LogP) is 3.75. The Morgan fingerprint density at radius 3 is 2.63 bits per heavy atom. The van der Waals surface area contributed by atoms with Gasteiger partial charge in [0.25, 0.3) is 5.91 Å². The molecule has 5 heteroatoms. The number of carbonyl (C=O) groups is 1. The third-order valence-electron chi connectivity index (χ3n) is 2.65. The molecule has 19 heavy (non-hydrogen) atoms. The van der Waals surface area contributed by atoms with Crippen LogP contribution in [0.2, 0.25) is 5.02 Å². The van der Waals surface area contributed by atoms with Crippen LogP contribution in [0.4, 0.5) is 10.1 Å². The molecule has 0 fully saturated rings. The SMILES string of the molecule is Cc1ccc(C(=O)Nc2ccc(Cl)cc2F)cc1O. The summed E-state index contributed by atoms with van der Waals surface area (Å²) in [7, 11) is 0. The van der Waals surface area contributed by atoms with E-state index in [9.17, 15) is 14.3 Å². The van der Waals surface area contributed by atoms with Crippen LogP contribution in [0, 0.1) is 12.7 Å². The van der Waals surface area contributed by atoms with Crippen LogP contribution in [0.15, 0.2) is 36.4 Å². The van der Waals surface area contributed by atoms with Gasteiger partial charge in [-0.2, -0.15) is 0 Å². The molecule has 0 atom stereocenters. The number of phenols is 1. The van der Waals surface area contributed by atoms with Crippen LogP contribution in [-0.4, -0.2) is 11.0 Å². The molecule has 2 N–H and O–H groups in total. The molecule has 2 aromatic carbocycles. The van der Waals surface area contributed by atoms with E-state index in [2.05, 4.69) is 5.32 Å². The van der Waals surface area contributed by atoms with Gasteiger partial charge in [-0.15, -0.1) is 0 Å². The largest absolute Gasteiger partial charge is 0.508 e. The lowest BCUT2D eigenvalue weighted by molar-refractivity contribution is 0.102. The second-order valence-electron chi connectivity index (χ2n) is 4.08. The summed E-state index contributed by atoms with van der Waals surface area (Å²) >= 11 is 5.62. The lowest BCUT2D eigenvalue weighted by atomic mass is 10.1. The molecule has 0 bridgehead atoms. The first-order chi connectivity index (χ1) is 8.97. The normalized spacial score (nSPS) is 10.3. The third kappa shape index (κ3) is 3.03. The highest BCUT2D eigenvalue weighted by Crippen LogP contribution is 2.21. The topological polar surface area (TPSA) is 49.3 Å². The van der Waals surface area contributed by atoms with E-state index >= 15 is 0 Å². The Morgan fingerprint density at radius 2 is 2.00 bits per heavy atom. The minimum atomic E-state index is -0.614. The molecule has 0 aliphatic heterocycles. The molecule has 0 saturated heterocycles. The molecule has 0 aromatic heterocycles. The van der Waals surface area contributed by atoms with Crippen LogP contribution < -0.4 is 5.32 Å². The second kappa shape index (κ2) is 5.28. The van der Waals surface area contributed by atoms with Gasteiger partial charge in [0.2, 0.25) is 0 Å². The van der Waals surface area contributed by atoms with Gasteiger partial charge in [0.15, 0.2) is 0 Å². The van der Waals surface area contributed by atoms with E-state index in [1.54, 1.807) is 19.1 Å². The summed E-state index contributed by atoms with van der Waals surface area (Å²) in [5.41, 5.74) is 0.945. The third-order valence-corrected chi connectivity index (χ3v) is 2.89. The number of rotatable bonds is 2. The van der Waals surface area contributed by atoms with Crippen molar-refractivity contribution in [2.45, 2.75) is 6.92 Å². The molecule has 2 aromatic rings. The van der Waals surface area contributed by atoms with Gasteiger partial charge < -0.3 is 10.4 Å². The Morgan fingerprint density at radius 1 is 1.26 bits per heavy atom. The first-order valence-electron chi connectivity index (χ1n) is 5.53. The van der Waals surface area contributed by atoms with Crippen molar-refractivity contribution in [3.63, 3.8) is 0 Å². The first kappa shape index (κ1) is 13.4. The van der Waals surface area contributed by atoms with E-state index in [-0.39, 0.29) is 22.0 Å². The van der Waals surface area contributed by atoms with E-state index in [1.807, 2.05) is 0 Å². The number of benzene rings is 2. The highest BCUT2D eigenvalue weighted by molar-refractivity contribution is 6.30. The van der Waals surface area contributed by atoms with Crippen molar-refractivity contribution in [1.29, 1.82) is 0 Å². The van der Waals surface area contributed by atoms with Gasteiger partial charge in [-0.1, -0.05) is 17.7 Å². The first-order valence-corrected chi connectivity index (χ1v) is 5.91. The molecule has 0 saturated carbocycles. The molecule has 0 unspecified atom stereocenters. The van der Waals surface area contributed by atoms with Crippen molar-refractivity contribution in [2.75, 3.05) is 5.32 Å². The molecule has 1 amide bonds. The maximum Gasteiger partial charge on any atom is 0.255 e. The van der Waals surface area contributed by atoms with Crippen molar-refractivity contribution in [2.24, 2.45) is 0 Å². The van der Waals surface area contributed by atoms with E-state index in [1.165, 1.54) is 18.2 Å². The van der Waals surface area contributed by atoms with Gasteiger partial charge in [-0.05, 0) is 42.8 Å². The molecule has 98 valence electrons. The number of hydrogen-bond donors (Lipinski definition) is 2. The molecule has 0 aliphatic rings. The molecular formula is C14H11ClFNO2. The summed E-state index contributed by atoms with van der Waals surface area (Å²) in [6.07, 6.45) is 0. The Bertz CT molecular complexity index is 643. The number of carbonyl (C=O) groups excluding carboxylic acids is 1. The molecule has 2 rings (SSSR count). The average molecular weight is 280 g/mol. The van der Waals surface area contributed by atoms with Crippen molar-refractivity contribution < 1.29 is 14.3 Å². The summed E-state index contributed by atoms with van der Waals surface area (Å²) in [4.78, 5) is 11.9. The van der Waals surface area contributed by atoms with Gasteiger partial charge in [0.05, 0.1) is 5.69 Å². The molecule has 0 radical (unpaired) electrons.